The van der Waals surface area contributed by atoms with Crippen LogP contribution >= 0.6 is 11.6 Å². The van der Waals surface area contributed by atoms with Gasteiger partial charge in [-0.3, -0.25) is 9.29 Å². The Bertz CT molecular complexity index is 1100. The van der Waals surface area contributed by atoms with E-state index in [1.54, 1.807) is 47.0 Å². The number of benzene rings is 2. The molecule has 0 aliphatic rings. The SMILES string of the molecule is Cc1cc(N(CC(C)C)S(=O)c2cccnc2)c(OCc2ccc(C(=O)O)cc2)cc1Cl. The summed E-state index contributed by atoms with van der Waals surface area (Å²) < 4.78 is 21.3. The first-order valence-corrected chi connectivity index (χ1v) is 11.6. The van der Waals surface area contributed by atoms with Gasteiger partial charge in [0, 0.05) is 30.0 Å². The molecule has 0 bridgehead atoms. The standard InChI is InChI=1S/C24H25ClN2O4S/c1-16(2)14-27(32(30)20-5-4-10-26-13-20)22-11-17(3)21(25)12-23(22)31-15-18-6-8-19(9-7-18)24(28)29/h4-13,16H,14-15H2,1-3H3,(H,28,29). The Labute approximate surface area is 195 Å². The van der Waals surface area contributed by atoms with E-state index < -0.39 is 17.0 Å². The molecule has 32 heavy (non-hydrogen) atoms. The van der Waals surface area contributed by atoms with Crippen LogP contribution in [-0.2, 0) is 17.6 Å². The van der Waals surface area contributed by atoms with Gasteiger partial charge in [0.15, 0.2) is 11.0 Å². The minimum atomic E-state index is -1.49. The van der Waals surface area contributed by atoms with Crippen LogP contribution in [0.3, 0.4) is 0 Å². The minimum absolute atomic E-state index is 0.210. The predicted molar refractivity (Wildman–Crippen MR) is 127 cm³/mol. The summed E-state index contributed by atoms with van der Waals surface area (Å²) in [6.07, 6.45) is 3.24. The van der Waals surface area contributed by atoms with Crippen LogP contribution in [0.5, 0.6) is 5.75 Å². The fraction of sp³-hybridized carbons (Fsp3) is 0.250. The van der Waals surface area contributed by atoms with E-state index in [0.29, 0.717) is 27.9 Å². The second-order valence-electron chi connectivity index (χ2n) is 7.75. The maximum Gasteiger partial charge on any atom is 0.335 e. The Morgan fingerprint density at radius 1 is 1.22 bits per heavy atom. The molecule has 3 rings (SSSR count). The van der Waals surface area contributed by atoms with Crippen molar-refractivity contribution in [3.05, 3.63) is 82.6 Å². The number of ether oxygens (including phenoxy) is 1. The number of rotatable bonds is 9. The number of carbonyl (C=O) groups is 1. The van der Waals surface area contributed by atoms with Crippen molar-refractivity contribution < 1.29 is 18.8 Å². The summed E-state index contributed by atoms with van der Waals surface area (Å²) in [5, 5.41) is 9.61. The van der Waals surface area contributed by atoms with Crippen LogP contribution in [0.1, 0.15) is 35.3 Å². The molecule has 0 amide bonds. The minimum Gasteiger partial charge on any atom is -0.487 e. The van der Waals surface area contributed by atoms with E-state index in [2.05, 4.69) is 18.8 Å². The topological polar surface area (TPSA) is 79.7 Å². The molecule has 1 atom stereocenters. The summed E-state index contributed by atoms with van der Waals surface area (Å²) in [5.41, 5.74) is 2.53. The van der Waals surface area contributed by atoms with Crippen molar-refractivity contribution in [1.29, 1.82) is 0 Å². The van der Waals surface area contributed by atoms with E-state index in [9.17, 15) is 9.00 Å². The number of nitrogens with zero attached hydrogens (tertiary/aromatic N) is 2. The number of hydrogen-bond acceptors (Lipinski definition) is 4. The number of halogens is 1. The third kappa shape index (κ3) is 5.87. The van der Waals surface area contributed by atoms with Crippen molar-refractivity contribution in [3.63, 3.8) is 0 Å². The average Bonchev–Trinajstić information content (AvgIpc) is 2.78. The molecule has 0 aliphatic carbocycles. The molecule has 0 saturated heterocycles. The summed E-state index contributed by atoms with van der Waals surface area (Å²) in [6, 6.07) is 13.6. The second-order valence-corrected chi connectivity index (χ2v) is 9.57. The number of aryl methyl sites for hydroxylation is 1. The first-order chi connectivity index (χ1) is 15.3. The van der Waals surface area contributed by atoms with Crippen molar-refractivity contribution in [3.8, 4) is 5.75 Å². The molecule has 0 saturated carbocycles. The molecule has 0 fully saturated rings. The molecule has 3 aromatic rings. The zero-order chi connectivity index (χ0) is 23.3. The highest BCUT2D eigenvalue weighted by atomic mass is 35.5. The third-order valence-electron chi connectivity index (χ3n) is 4.67. The maximum atomic E-state index is 13.5. The molecular formula is C24H25ClN2O4S. The van der Waals surface area contributed by atoms with E-state index in [4.69, 9.17) is 21.4 Å². The van der Waals surface area contributed by atoms with Gasteiger partial charge in [-0.15, -0.1) is 0 Å². The third-order valence-corrected chi connectivity index (χ3v) is 6.47. The molecule has 0 radical (unpaired) electrons. The van der Waals surface area contributed by atoms with Gasteiger partial charge in [-0.1, -0.05) is 37.6 Å². The lowest BCUT2D eigenvalue weighted by atomic mass is 10.1. The Morgan fingerprint density at radius 3 is 2.53 bits per heavy atom. The van der Waals surface area contributed by atoms with Gasteiger partial charge in [0.05, 0.1) is 16.1 Å². The Kier molecular flexibility index (Phi) is 7.88. The predicted octanol–water partition coefficient (Wildman–Crippen LogP) is 5.51. The fourth-order valence-corrected chi connectivity index (χ4v) is 4.54. The van der Waals surface area contributed by atoms with Crippen molar-refractivity contribution in [1.82, 2.24) is 4.98 Å². The number of anilines is 1. The monoisotopic (exact) mass is 472 g/mol. The van der Waals surface area contributed by atoms with Gasteiger partial charge in [0.2, 0.25) is 0 Å². The first kappa shape index (κ1) is 23.8. The van der Waals surface area contributed by atoms with Crippen molar-refractivity contribution in [2.45, 2.75) is 32.3 Å². The summed E-state index contributed by atoms with van der Waals surface area (Å²) in [7, 11) is -1.49. The summed E-state index contributed by atoms with van der Waals surface area (Å²) in [5.74, 6) is -0.240. The lowest BCUT2D eigenvalue weighted by Crippen LogP contribution is -2.30. The number of hydrogen-bond donors (Lipinski definition) is 1. The molecule has 0 spiro atoms. The zero-order valence-corrected chi connectivity index (χ0v) is 19.7. The van der Waals surface area contributed by atoms with Crippen molar-refractivity contribution in [2.75, 3.05) is 10.8 Å². The summed E-state index contributed by atoms with van der Waals surface area (Å²) >= 11 is 6.38. The van der Waals surface area contributed by atoms with Gasteiger partial charge in [0.1, 0.15) is 12.4 Å². The quantitative estimate of drug-likeness (QED) is 0.444. The lowest BCUT2D eigenvalue weighted by Gasteiger charge is -2.28. The number of carboxylic acids is 1. The number of aromatic carboxylic acids is 1. The Balaban J connectivity index is 1.95. The molecule has 1 unspecified atom stereocenters. The molecule has 1 heterocycles. The van der Waals surface area contributed by atoms with E-state index in [-0.39, 0.29) is 18.1 Å². The Hall–Kier alpha value is -2.90. The molecule has 168 valence electrons. The zero-order valence-electron chi connectivity index (χ0n) is 18.1. The highest BCUT2D eigenvalue weighted by Crippen LogP contribution is 2.36. The highest BCUT2D eigenvalue weighted by molar-refractivity contribution is 7.86. The molecule has 2 aromatic carbocycles. The van der Waals surface area contributed by atoms with Crippen LogP contribution in [0, 0.1) is 12.8 Å². The van der Waals surface area contributed by atoms with Crippen LogP contribution in [0.25, 0.3) is 0 Å². The van der Waals surface area contributed by atoms with Gasteiger partial charge in [-0.2, -0.15) is 0 Å². The molecule has 1 N–H and O–H groups in total. The second kappa shape index (κ2) is 10.6. The van der Waals surface area contributed by atoms with Gasteiger partial charge in [-0.05, 0) is 54.3 Å². The Morgan fingerprint density at radius 2 is 1.94 bits per heavy atom. The van der Waals surface area contributed by atoms with Crippen LogP contribution in [0.15, 0.2) is 65.8 Å². The number of aromatic nitrogens is 1. The molecule has 8 heteroatoms. The number of carboxylic acid groups (broad SMARTS) is 1. The van der Waals surface area contributed by atoms with E-state index in [0.717, 1.165) is 11.1 Å². The van der Waals surface area contributed by atoms with Crippen LogP contribution in [0.4, 0.5) is 5.69 Å². The maximum absolute atomic E-state index is 13.5. The van der Waals surface area contributed by atoms with Crippen molar-refractivity contribution >= 4 is 34.2 Å². The fourth-order valence-electron chi connectivity index (χ4n) is 3.03. The van der Waals surface area contributed by atoms with Gasteiger partial charge < -0.3 is 9.84 Å². The molecule has 1 aromatic heterocycles. The molecule has 0 aliphatic heterocycles. The van der Waals surface area contributed by atoms with Crippen LogP contribution in [-0.4, -0.2) is 26.8 Å². The van der Waals surface area contributed by atoms with Gasteiger partial charge in [0.25, 0.3) is 0 Å². The van der Waals surface area contributed by atoms with Crippen LogP contribution in [0.2, 0.25) is 5.02 Å². The normalized spacial score (nSPS) is 11.9. The highest BCUT2D eigenvalue weighted by Gasteiger charge is 2.22. The van der Waals surface area contributed by atoms with E-state index in [1.807, 2.05) is 13.0 Å². The van der Waals surface area contributed by atoms with Crippen LogP contribution < -0.4 is 9.04 Å². The molecule has 6 nitrogen and oxygen atoms in total. The average molecular weight is 473 g/mol. The van der Waals surface area contributed by atoms with Crippen molar-refractivity contribution in [2.24, 2.45) is 5.92 Å². The molecular weight excluding hydrogens is 448 g/mol. The van der Waals surface area contributed by atoms with E-state index in [1.165, 1.54) is 12.1 Å². The van der Waals surface area contributed by atoms with Gasteiger partial charge in [-0.25, -0.2) is 9.00 Å². The van der Waals surface area contributed by atoms with Gasteiger partial charge >= 0.3 is 5.97 Å². The number of pyridine rings is 1. The summed E-state index contributed by atoms with van der Waals surface area (Å²) in [4.78, 5) is 15.8. The summed E-state index contributed by atoms with van der Waals surface area (Å²) in [6.45, 7) is 6.75. The smallest absolute Gasteiger partial charge is 0.335 e. The van der Waals surface area contributed by atoms with E-state index >= 15 is 0 Å². The lowest BCUT2D eigenvalue weighted by molar-refractivity contribution is 0.0697. The largest absolute Gasteiger partial charge is 0.487 e. The first-order valence-electron chi connectivity index (χ1n) is 10.1.